The third-order valence-electron chi connectivity index (χ3n) is 3.52. The third kappa shape index (κ3) is 1.65. The molecule has 0 amide bonds. The van der Waals surface area contributed by atoms with Crippen LogP contribution in [0, 0.1) is 5.92 Å². The Kier molecular flexibility index (Phi) is 1.84. The Hall–Kier alpha value is -1.31. The molecule has 0 aliphatic heterocycles. The Bertz CT molecular complexity index is 390. The van der Waals surface area contributed by atoms with Crippen molar-refractivity contribution >= 4 is 5.97 Å². The van der Waals surface area contributed by atoms with E-state index in [1.807, 2.05) is 0 Å². The molecule has 1 N–H and O–H groups in total. The van der Waals surface area contributed by atoms with Crippen LogP contribution in [0.25, 0.3) is 0 Å². The summed E-state index contributed by atoms with van der Waals surface area (Å²) in [6, 6.07) is 8.57. The van der Waals surface area contributed by atoms with Crippen LogP contribution < -0.4 is 0 Å². The highest BCUT2D eigenvalue weighted by Gasteiger charge is 2.44. The lowest BCUT2D eigenvalue weighted by molar-refractivity contribution is -0.138. The molecule has 15 heavy (non-hydrogen) atoms. The van der Waals surface area contributed by atoms with Crippen molar-refractivity contribution in [3.8, 4) is 0 Å². The topological polar surface area (TPSA) is 37.3 Å². The molecule has 2 aliphatic carbocycles. The van der Waals surface area contributed by atoms with Gasteiger partial charge in [-0.1, -0.05) is 24.3 Å². The highest BCUT2D eigenvalue weighted by Crippen LogP contribution is 2.48. The van der Waals surface area contributed by atoms with Gasteiger partial charge in [-0.15, -0.1) is 0 Å². The molecule has 2 aliphatic rings. The molecule has 0 heterocycles. The predicted octanol–water partition coefficient (Wildman–Crippen LogP) is 2.75. The van der Waals surface area contributed by atoms with E-state index in [0.29, 0.717) is 0 Å². The SMILES string of the molecule is O=C(O)[C@@H]1C[C@H]1c1ccc(C2CC2)cc1. The van der Waals surface area contributed by atoms with E-state index in [-0.39, 0.29) is 11.8 Å². The fourth-order valence-electron chi connectivity index (χ4n) is 2.27. The number of benzene rings is 1. The molecular formula is C13H14O2. The van der Waals surface area contributed by atoms with Gasteiger partial charge in [-0.05, 0) is 42.2 Å². The smallest absolute Gasteiger partial charge is 0.307 e. The largest absolute Gasteiger partial charge is 0.481 e. The summed E-state index contributed by atoms with van der Waals surface area (Å²) in [6.07, 6.45) is 3.46. The number of hydrogen-bond donors (Lipinski definition) is 1. The van der Waals surface area contributed by atoms with Crippen LogP contribution in [-0.4, -0.2) is 11.1 Å². The minimum atomic E-state index is -0.647. The van der Waals surface area contributed by atoms with Gasteiger partial charge in [0.05, 0.1) is 5.92 Å². The molecule has 0 radical (unpaired) electrons. The zero-order valence-corrected chi connectivity index (χ0v) is 8.52. The molecule has 0 spiro atoms. The highest BCUT2D eigenvalue weighted by atomic mass is 16.4. The quantitative estimate of drug-likeness (QED) is 0.818. The second kappa shape index (κ2) is 3.09. The maximum atomic E-state index is 10.7. The van der Waals surface area contributed by atoms with Crippen LogP contribution in [-0.2, 0) is 4.79 Å². The average Bonchev–Trinajstić information content (AvgIpc) is 3.11. The van der Waals surface area contributed by atoms with Gasteiger partial charge in [0, 0.05) is 0 Å². The normalized spacial score (nSPS) is 28.8. The molecule has 1 aromatic carbocycles. The minimum Gasteiger partial charge on any atom is -0.481 e. The predicted molar refractivity (Wildman–Crippen MR) is 56.9 cm³/mol. The summed E-state index contributed by atoms with van der Waals surface area (Å²) in [6.45, 7) is 0. The lowest BCUT2D eigenvalue weighted by Crippen LogP contribution is -1.98. The van der Waals surface area contributed by atoms with Crippen LogP contribution in [0.1, 0.15) is 42.2 Å². The summed E-state index contributed by atoms with van der Waals surface area (Å²) in [4.78, 5) is 10.7. The summed E-state index contributed by atoms with van der Waals surface area (Å²) in [7, 11) is 0. The number of carbonyl (C=O) groups is 1. The van der Waals surface area contributed by atoms with Crippen molar-refractivity contribution in [3.63, 3.8) is 0 Å². The number of aliphatic carboxylic acids is 1. The molecule has 2 nitrogen and oxygen atoms in total. The monoisotopic (exact) mass is 202 g/mol. The molecule has 3 rings (SSSR count). The standard InChI is InChI=1S/C13H14O2/c14-13(15)12-7-11(12)10-5-3-9(4-6-10)8-1-2-8/h3-6,8,11-12H,1-2,7H2,(H,14,15)/t11-,12+/m0/s1. The molecule has 0 saturated heterocycles. The summed E-state index contributed by atoms with van der Waals surface area (Å²) in [5.41, 5.74) is 2.62. The van der Waals surface area contributed by atoms with Gasteiger partial charge in [0.15, 0.2) is 0 Å². The summed E-state index contributed by atoms with van der Waals surface area (Å²) >= 11 is 0. The fourth-order valence-corrected chi connectivity index (χ4v) is 2.27. The first-order chi connectivity index (χ1) is 7.25. The van der Waals surface area contributed by atoms with E-state index < -0.39 is 5.97 Å². The third-order valence-corrected chi connectivity index (χ3v) is 3.52. The van der Waals surface area contributed by atoms with Gasteiger partial charge < -0.3 is 5.11 Å². The molecule has 2 fully saturated rings. The van der Waals surface area contributed by atoms with Gasteiger partial charge in [0.25, 0.3) is 0 Å². The lowest BCUT2D eigenvalue weighted by atomic mass is 10.0. The van der Waals surface area contributed by atoms with E-state index in [9.17, 15) is 4.79 Å². The fraction of sp³-hybridized carbons (Fsp3) is 0.462. The van der Waals surface area contributed by atoms with Gasteiger partial charge in [-0.3, -0.25) is 4.79 Å². The van der Waals surface area contributed by atoms with E-state index in [0.717, 1.165) is 12.3 Å². The van der Waals surface area contributed by atoms with Crippen molar-refractivity contribution in [3.05, 3.63) is 35.4 Å². The van der Waals surface area contributed by atoms with Gasteiger partial charge in [-0.25, -0.2) is 0 Å². The molecule has 1 aromatic rings. The molecule has 0 aromatic heterocycles. The first-order valence-electron chi connectivity index (χ1n) is 5.58. The van der Waals surface area contributed by atoms with E-state index in [4.69, 9.17) is 5.11 Å². The van der Waals surface area contributed by atoms with Crippen molar-refractivity contribution in [2.75, 3.05) is 0 Å². The lowest BCUT2D eigenvalue weighted by Gasteiger charge is -2.01. The van der Waals surface area contributed by atoms with E-state index in [1.54, 1.807) is 0 Å². The van der Waals surface area contributed by atoms with Crippen molar-refractivity contribution in [2.24, 2.45) is 5.92 Å². The maximum Gasteiger partial charge on any atom is 0.307 e. The van der Waals surface area contributed by atoms with Crippen molar-refractivity contribution in [2.45, 2.75) is 31.1 Å². The first-order valence-corrected chi connectivity index (χ1v) is 5.58. The summed E-state index contributed by atoms with van der Waals surface area (Å²) in [5.74, 6) is 0.285. The molecule has 0 unspecified atom stereocenters. The first kappa shape index (κ1) is 8.96. The summed E-state index contributed by atoms with van der Waals surface area (Å²) in [5, 5.41) is 8.84. The van der Waals surface area contributed by atoms with Crippen molar-refractivity contribution < 1.29 is 9.90 Å². The van der Waals surface area contributed by atoms with Gasteiger partial charge in [0.2, 0.25) is 0 Å². The van der Waals surface area contributed by atoms with E-state index in [1.165, 1.54) is 24.0 Å². The Balaban J connectivity index is 1.74. The zero-order valence-electron chi connectivity index (χ0n) is 8.52. The highest BCUT2D eigenvalue weighted by molar-refractivity contribution is 5.75. The molecule has 78 valence electrons. The molecule has 2 atom stereocenters. The summed E-state index contributed by atoms with van der Waals surface area (Å²) < 4.78 is 0. The number of rotatable bonds is 3. The van der Waals surface area contributed by atoms with E-state index >= 15 is 0 Å². The van der Waals surface area contributed by atoms with Gasteiger partial charge in [-0.2, -0.15) is 0 Å². The maximum absolute atomic E-state index is 10.7. The number of hydrogen-bond acceptors (Lipinski definition) is 1. The van der Waals surface area contributed by atoms with Crippen LogP contribution >= 0.6 is 0 Å². The van der Waals surface area contributed by atoms with Crippen LogP contribution in [0.4, 0.5) is 0 Å². The zero-order chi connectivity index (χ0) is 10.4. The second-order valence-electron chi connectivity index (χ2n) is 4.73. The second-order valence-corrected chi connectivity index (χ2v) is 4.73. The number of carboxylic acids is 1. The van der Waals surface area contributed by atoms with Crippen LogP contribution in [0.5, 0.6) is 0 Å². The molecule has 2 heteroatoms. The Morgan fingerprint density at radius 1 is 1.13 bits per heavy atom. The van der Waals surface area contributed by atoms with Gasteiger partial charge in [0.1, 0.15) is 0 Å². The van der Waals surface area contributed by atoms with Crippen LogP contribution in [0.3, 0.4) is 0 Å². The molecule has 0 bridgehead atoms. The van der Waals surface area contributed by atoms with Gasteiger partial charge >= 0.3 is 5.97 Å². The van der Waals surface area contributed by atoms with Crippen LogP contribution in [0.15, 0.2) is 24.3 Å². The van der Waals surface area contributed by atoms with E-state index in [2.05, 4.69) is 24.3 Å². The Morgan fingerprint density at radius 3 is 2.20 bits per heavy atom. The Labute approximate surface area is 88.9 Å². The van der Waals surface area contributed by atoms with Crippen LogP contribution in [0.2, 0.25) is 0 Å². The Morgan fingerprint density at radius 2 is 1.73 bits per heavy atom. The minimum absolute atomic E-state index is 0.128. The molecular weight excluding hydrogens is 188 g/mol. The average molecular weight is 202 g/mol. The number of carboxylic acid groups (broad SMARTS) is 1. The van der Waals surface area contributed by atoms with Crippen molar-refractivity contribution in [1.29, 1.82) is 0 Å². The van der Waals surface area contributed by atoms with Crippen molar-refractivity contribution in [1.82, 2.24) is 0 Å². The molecule has 2 saturated carbocycles.